The van der Waals surface area contributed by atoms with Gasteiger partial charge in [-0.3, -0.25) is 14.7 Å². The third-order valence-corrected chi connectivity index (χ3v) is 4.60. The average Bonchev–Trinajstić information content (AvgIpc) is 2.64. The average molecular weight is 338 g/mol. The first-order valence-corrected chi connectivity index (χ1v) is 8.90. The van der Waals surface area contributed by atoms with Gasteiger partial charge in [-0.25, -0.2) is 0 Å². The molecule has 1 aromatic carbocycles. The molecule has 1 aromatic heterocycles. The van der Waals surface area contributed by atoms with Crippen molar-refractivity contribution >= 4 is 11.6 Å². The highest BCUT2D eigenvalue weighted by molar-refractivity contribution is 5.72. The Morgan fingerprint density at radius 1 is 1.08 bits per heavy atom. The molecule has 132 valence electrons. The van der Waals surface area contributed by atoms with Crippen LogP contribution in [-0.4, -0.2) is 48.5 Å². The zero-order valence-corrected chi connectivity index (χ0v) is 14.8. The van der Waals surface area contributed by atoms with Gasteiger partial charge in [-0.1, -0.05) is 24.3 Å². The number of nitrogens with zero attached hydrogens (tertiary/aromatic N) is 3. The first-order chi connectivity index (χ1) is 12.2. The fourth-order valence-corrected chi connectivity index (χ4v) is 3.16. The smallest absolute Gasteiger partial charge is 0.216 e. The van der Waals surface area contributed by atoms with Crippen LogP contribution in [0.25, 0.3) is 0 Å². The maximum atomic E-state index is 10.9. The molecule has 0 saturated carbocycles. The zero-order valence-electron chi connectivity index (χ0n) is 14.8. The van der Waals surface area contributed by atoms with E-state index in [1.54, 1.807) is 6.92 Å². The number of carbonyl (C=O) groups is 1. The Bertz CT molecular complexity index is 664. The summed E-state index contributed by atoms with van der Waals surface area (Å²) in [6, 6.07) is 12.9. The minimum Gasteiger partial charge on any atom is -0.368 e. The topological polar surface area (TPSA) is 48.5 Å². The molecular formula is C20H26N4O. The molecule has 2 aromatic rings. The second kappa shape index (κ2) is 8.62. The molecule has 0 unspecified atom stereocenters. The lowest BCUT2D eigenvalue weighted by molar-refractivity contribution is -0.118. The zero-order chi connectivity index (χ0) is 17.5. The van der Waals surface area contributed by atoms with Crippen LogP contribution in [0, 0.1) is 0 Å². The Balaban J connectivity index is 1.45. The van der Waals surface area contributed by atoms with Crippen molar-refractivity contribution in [3.8, 4) is 0 Å². The predicted molar refractivity (Wildman–Crippen MR) is 101 cm³/mol. The van der Waals surface area contributed by atoms with E-state index in [-0.39, 0.29) is 5.91 Å². The molecule has 5 nitrogen and oxygen atoms in total. The molecule has 1 aliphatic heterocycles. The minimum absolute atomic E-state index is 0.0297. The van der Waals surface area contributed by atoms with Crippen molar-refractivity contribution in [2.45, 2.75) is 19.9 Å². The fraction of sp³-hybridized carbons (Fsp3) is 0.400. The number of piperazine rings is 1. The number of pyridine rings is 1. The Hall–Kier alpha value is -2.40. The number of aromatic nitrogens is 1. The quantitative estimate of drug-likeness (QED) is 0.876. The van der Waals surface area contributed by atoms with Crippen LogP contribution in [0.2, 0.25) is 0 Å². The first-order valence-electron chi connectivity index (χ1n) is 8.90. The Labute approximate surface area is 149 Å². The highest BCUT2D eigenvalue weighted by Gasteiger charge is 2.17. The van der Waals surface area contributed by atoms with Crippen molar-refractivity contribution in [2.75, 3.05) is 37.6 Å². The number of hydrogen-bond donors (Lipinski definition) is 1. The van der Waals surface area contributed by atoms with E-state index in [1.165, 1.54) is 16.8 Å². The van der Waals surface area contributed by atoms with Gasteiger partial charge in [-0.2, -0.15) is 0 Å². The van der Waals surface area contributed by atoms with Crippen LogP contribution in [0.3, 0.4) is 0 Å². The summed E-state index contributed by atoms with van der Waals surface area (Å²) in [5.41, 5.74) is 3.82. The van der Waals surface area contributed by atoms with Crippen LogP contribution >= 0.6 is 0 Å². The van der Waals surface area contributed by atoms with Gasteiger partial charge in [0, 0.05) is 52.4 Å². The molecule has 0 bridgehead atoms. The summed E-state index contributed by atoms with van der Waals surface area (Å²) in [5.74, 6) is 0.0297. The third kappa shape index (κ3) is 5.29. The van der Waals surface area contributed by atoms with Gasteiger partial charge in [0.1, 0.15) is 0 Å². The number of carbonyl (C=O) groups excluding carboxylic acids is 1. The van der Waals surface area contributed by atoms with Crippen molar-refractivity contribution in [2.24, 2.45) is 0 Å². The molecule has 0 atom stereocenters. The summed E-state index contributed by atoms with van der Waals surface area (Å²) in [7, 11) is 0. The molecule has 1 N–H and O–H groups in total. The van der Waals surface area contributed by atoms with Crippen molar-refractivity contribution in [3.05, 3.63) is 59.9 Å². The Morgan fingerprint density at radius 2 is 1.80 bits per heavy atom. The predicted octanol–water partition coefficient (Wildman–Crippen LogP) is 2.08. The van der Waals surface area contributed by atoms with Gasteiger partial charge in [0.05, 0.1) is 11.9 Å². The van der Waals surface area contributed by atoms with E-state index in [1.807, 2.05) is 18.5 Å². The summed E-state index contributed by atoms with van der Waals surface area (Å²) in [5, 5.41) is 2.84. The molecular weight excluding hydrogens is 312 g/mol. The van der Waals surface area contributed by atoms with E-state index in [2.05, 4.69) is 50.4 Å². The second-order valence-corrected chi connectivity index (χ2v) is 6.52. The molecule has 0 aliphatic carbocycles. The summed E-state index contributed by atoms with van der Waals surface area (Å²) < 4.78 is 0. The van der Waals surface area contributed by atoms with E-state index in [0.29, 0.717) is 6.54 Å². The number of amides is 1. The van der Waals surface area contributed by atoms with Gasteiger partial charge in [0.2, 0.25) is 5.91 Å². The minimum atomic E-state index is 0.0297. The summed E-state index contributed by atoms with van der Waals surface area (Å²) in [6.45, 7) is 7.47. The van der Waals surface area contributed by atoms with Crippen LogP contribution in [-0.2, 0) is 17.8 Å². The molecule has 1 fully saturated rings. The highest BCUT2D eigenvalue weighted by atomic mass is 16.1. The number of rotatable bonds is 6. The lowest BCUT2D eigenvalue weighted by Gasteiger charge is -2.36. The first kappa shape index (κ1) is 17.4. The molecule has 1 saturated heterocycles. The van der Waals surface area contributed by atoms with Crippen LogP contribution < -0.4 is 10.2 Å². The van der Waals surface area contributed by atoms with E-state index < -0.39 is 0 Å². The van der Waals surface area contributed by atoms with E-state index in [9.17, 15) is 4.79 Å². The van der Waals surface area contributed by atoms with E-state index >= 15 is 0 Å². The third-order valence-electron chi connectivity index (χ3n) is 4.60. The van der Waals surface area contributed by atoms with Gasteiger partial charge in [0.15, 0.2) is 0 Å². The van der Waals surface area contributed by atoms with Crippen LogP contribution in [0.1, 0.15) is 18.1 Å². The number of nitrogens with one attached hydrogen (secondary N) is 1. The van der Waals surface area contributed by atoms with Crippen LogP contribution in [0.4, 0.5) is 5.69 Å². The molecule has 3 rings (SSSR count). The fourth-order valence-electron chi connectivity index (χ4n) is 3.16. The summed E-state index contributed by atoms with van der Waals surface area (Å²) in [6.07, 6.45) is 4.64. The van der Waals surface area contributed by atoms with Gasteiger partial charge in [-0.15, -0.1) is 0 Å². The van der Waals surface area contributed by atoms with Crippen LogP contribution in [0.5, 0.6) is 0 Å². The lowest BCUT2D eigenvalue weighted by Crippen LogP contribution is -2.46. The second-order valence-electron chi connectivity index (χ2n) is 6.52. The van der Waals surface area contributed by atoms with Crippen molar-refractivity contribution in [1.82, 2.24) is 15.2 Å². The molecule has 0 spiro atoms. The molecule has 25 heavy (non-hydrogen) atoms. The monoisotopic (exact) mass is 338 g/mol. The van der Waals surface area contributed by atoms with E-state index in [4.69, 9.17) is 0 Å². The van der Waals surface area contributed by atoms with Gasteiger partial charge < -0.3 is 10.2 Å². The normalized spacial score (nSPS) is 15.2. The molecule has 5 heteroatoms. The Kier molecular flexibility index (Phi) is 6.01. The summed E-state index contributed by atoms with van der Waals surface area (Å²) in [4.78, 5) is 20.0. The van der Waals surface area contributed by atoms with Crippen molar-refractivity contribution in [3.63, 3.8) is 0 Å². The van der Waals surface area contributed by atoms with Crippen molar-refractivity contribution < 1.29 is 4.79 Å². The highest BCUT2D eigenvalue weighted by Crippen LogP contribution is 2.16. The van der Waals surface area contributed by atoms with Crippen molar-refractivity contribution in [1.29, 1.82) is 0 Å². The Morgan fingerprint density at radius 3 is 2.44 bits per heavy atom. The number of hydrogen-bond acceptors (Lipinski definition) is 4. The number of anilines is 1. The van der Waals surface area contributed by atoms with E-state index in [0.717, 1.165) is 39.1 Å². The standard InChI is InChI=1S/C20H26N4O/c1-17(25)22-10-8-18-4-6-19(7-5-18)16-23-11-13-24(14-12-23)20-3-2-9-21-15-20/h2-7,9,15H,8,10-14,16H2,1H3,(H,22,25). The number of benzene rings is 1. The molecule has 1 amide bonds. The van der Waals surface area contributed by atoms with Gasteiger partial charge in [0.25, 0.3) is 0 Å². The molecule has 2 heterocycles. The summed E-state index contributed by atoms with van der Waals surface area (Å²) >= 11 is 0. The largest absolute Gasteiger partial charge is 0.368 e. The lowest BCUT2D eigenvalue weighted by atomic mass is 10.1. The SMILES string of the molecule is CC(=O)NCCc1ccc(CN2CCN(c3cccnc3)CC2)cc1. The van der Waals surface area contributed by atoms with Gasteiger partial charge >= 0.3 is 0 Å². The maximum Gasteiger partial charge on any atom is 0.216 e. The maximum absolute atomic E-state index is 10.9. The van der Waals surface area contributed by atoms with Crippen LogP contribution in [0.15, 0.2) is 48.8 Å². The molecule has 1 aliphatic rings. The molecule has 0 radical (unpaired) electrons. The van der Waals surface area contributed by atoms with Gasteiger partial charge in [-0.05, 0) is 29.7 Å².